The van der Waals surface area contributed by atoms with Crippen molar-refractivity contribution in [3.63, 3.8) is 0 Å². The molecule has 0 aliphatic heterocycles. The van der Waals surface area contributed by atoms with Gasteiger partial charge in [0.25, 0.3) is 5.89 Å². The summed E-state index contributed by atoms with van der Waals surface area (Å²) in [5.74, 6) is 1.34. The molecule has 114 valence electrons. The molecule has 1 aromatic heterocycles. The van der Waals surface area contributed by atoms with Gasteiger partial charge in [-0.15, -0.1) is 0 Å². The minimum absolute atomic E-state index is 0.0281. The summed E-state index contributed by atoms with van der Waals surface area (Å²) in [5, 5.41) is 8.84. The fourth-order valence-corrected chi connectivity index (χ4v) is 3.75. The molecule has 0 atom stereocenters. The summed E-state index contributed by atoms with van der Waals surface area (Å²) in [6.45, 7) is 1.98. The molecule has 21 heavy (non-hydrogen) atoms. The highest BCUT2D eigenvalue weighted by Crippen LogP contribution is 2.36. The maximum atomic E-state index is 11.3. The van der Waals surface area contributed by atoms with Crippen LogP contribution >= 0.6 is 31.9 Å². The van der Waals surface area contributed by atoms with Gasteiger partial charge in [-0.2, -0.15) is 4.98 Å². The van der Waals surface area contributed by atoms with Crippen LogP contribution in [-0.2, 0) is 23.1 Å². The van der Waals surface area contributed by atoms with Crippen LogP contribution in [0.5, 0.6) is 5.75 Å². The number of sulfonamides is 1. The maximum Gasteiger partial charge on any atom is 0.264 e. The number of aryl methyl sites for hydroxylation is 1. The Kier molecular flexibility index (Phi) is 5.02. The second kappa shape index (κ2) is 6.42. The first-order valence-electron chi connectivity index (χ1n) is 5.77. The lowest BCUT2D eigenvalue weighted by atomic mass is 10.3. The van der Waals surface area contributed by atoms with Gasteiger partial charge in [-0.3, -0.25) is 0 Å². The lowest BCUT2D eigenvalue weighted by Gasteiger charge is -2.10. The average molecular weight is 441 g/mol. The average Bonchev–Trinajstić information content (AvgIpc) is 2.84. The number of halogens is 2. The number of nitrogens with zero attached hydrogens (tertiary/aromatic N) is 2. The highest BCUT2D eigenvalue weighted by atomic mass is 79.9. The summed E-state index contributed by atoms with van der Waals surface area (Å²) < 4.78 is 34.1. The van der Waals surface area contributed by atoms with Crippen molar-refractivity contribution in [3.8, 4) is 5.75 Å². The molecule has 0 radical (unpaired) electrons. The third kappa shape index (κ3) is 4.02. The number of ether oxygens (including phenoxy) is 1. The summed E-state index contributed by atoms with van der Waals surface area (Å²) in [4.78, 5) is 4.08. The fraction of sp³-hybridized carbons (Fsp3) is 0.273. The van der Waals surface area contributed by atoms with Gasteiger partial charge in [0.2, 0.25) is 10.0 Å². The molecule has 1 aromatic carbocycles. The van der Waals surface area contributed by atoms with Crippen LogP contribution in [0.15, 0.2) is 30.5 Å². The van der Waals surface area contributed by atoms with Crippen LogP contribution in [0.3, 0.4) is 0 Å². The Bertz CT molecular complexity index is 738. The molecule has 2 rings (SSSR count). The van der Waals surface area contributed by atoms with E-state index in [0.29, 0.717) is 32.8 Å². The zero-order valence-electron chi connectivity index (χ0n) is 10.8. The monoisotopic (exact) mass is 439 g/mol. The van der Waals surface area contributed by atoms with E-state index in [1.165, 1.54) is 12.1 Å². The quantitative estimate of drug-likeness (QED) is 0.764. The molecule has 7 nitrogen and oxygen atoms in total. The van der Waals surface area contributed by atoms with Crippen LogP contribution in [0, 0.1) is 0 Å². The molecule has 0 amide bonds. The number of hydrogen-bond acceptors (Lipinski definition) is 6. The topological polar surface area (TPSA) is 108 Å². The number of rotatable bonds is 5. The molecule has 10 heteroatoms. The lowest BCUT2D eigenvalue weighted by Crippen LogP contribution is -2.12. The minimum atomic E-state index is -3.79. The van der Waals surface area contributed by atoms with Gasteiger partial charge < -0.3 is 9.26 Å². The van der Waals surface area contributed by atoms with Crippen molar-refractivity contribution < 1.29 is 17.7 Å². The van der Waals surface area contributed by atoms with Gasteiger partial charge in [0.1, 0.15) is 5.75 Å². The molecular weight excluding hydrogens is 430 g/mol. The molecule has 2 N–H and O–H groups in total. The third-order valence-corrected chi connectivity index (χ3v) is 4.54. The summed E-state index contributed by atoms with van der Waals surface area (Å²) in [5.41, 5.74) is 0. The van der Waals surface area contributed by atoms with E-state index < -0.39 is 10.0 Å². The standard InChI is InChI=1S/C11H11Br2N3O4S/c1-2-9-15-10(20-16-9)5-19-11-7(12)3-6(4-8(11)13)21(14,17)18/h3-4H,2,5H2,1H3,(H2,14,17,18). The van der Waals surface area contributed by atoms with E-state index in [-0.39, 0.29) is 11.5 Å². The van der Waals surface area contributed by atoms with Crippen LogP contribution in [0.4, 0.5) is 0 Å². The molecular formula is C11H11Br2N3O4S. The molecule has 0 bridgehead atoms. The Morgan fingerprint density at radius 1 is 1.33 bits per heavy atom. The van der Waals surface area contributed by atoms with Gasteiger partial charge in [-0.25, -0.2) is 13.6 Å². The van der Waals surface area contributed by atoms with Crippen LogP contribution < -0.4 is 9.88 Å². The third-order valence-electron chi connectivity index (χ3n) is 2.47. The zero-order valence-corrected chi connectivity index (χ0v) is 14.8. The fourth-order valence-electron chi connectivity index (χ4n) is 1.47. The number of hydrogen-bond donors (Lipinski definition) is 1. The van der Waals surface area contributed by atoms with E-state index in [4.69, 9.17) is 14.4 Å². The number of primary sulfonamides is 1. The zero-order chi connectivity index (χ0) is 15.6. The highest BCUT2D eigenvalue weighted by molar-refractivity contribution is 9.11. The van der Waals surface area contributed by atoms with Gasteiger partial charge in [0, 0.05) is 6.42 Å². The van der Waals surface area contributed by atoms with E-state index in [1.54, 1.807) is 0 Å². The first kappa shape index (κ1) is 16.4. The van der Waals surface area contributed by atoms with Crippen molar-refractivity contribution in [2.24, 2.45) is 5.14 Å². The predicted molar refractivity (Wildman–Crippen MR) is 81.2 cm³/mol. The number of aromatic nitrogens is 2. The van der Waals surface area contributed by atoms with Crippen LogP contribution in [0.1, 0.15) is 18.6 Å². The highest BCUT2D eigenvalue weighted by Gasteiger charge is 2.16. The van der Waals surface area contributed by atoms with Crippen molar-refractivity contribution >= 4 is 41.9 Å². The second-order valence-electron chi connectivity index (χ2n) is 4.01. The van der Waals surface area contributed by atoms with E-state index in [9.17, 15) is 8.42 Å². The molecule has 0 spiro atoms. The van der Waals surface area contributed by atoms with Crippen LogP contribution in [0.25, 0.3) is 0 Å². The van der Waals surface area contributed by atoms with Crippen molar-refractivity contribution in [2.45, 2.75) is 24.8 Å². The Labute approximate surface area is 138 Å². The van der Waals surface area contributed by atoms with E-state index in [1.807, 2.05) is 6.92 Å². The maximum absolute atomic E-state index is 11.3. The van der Waals surface area contributed by atoms with Gasteiger partial charge in [0.05, 0.1) is 13.8 Å². The molecule has 0 unspecified atom stereocenters. The first-order chi connectivity index (χ1) is 9.81. The second-order valence-corrected chi connectivity index (χ2v) is 7.28. The minimum Gasteiger partial charge on any atom is -0.481 e. The van der Waals surface area contributed by atoms with Crippen molar-refractivity contribution in [1.82, 2.24) is 10.1 Å². The summed E-state index contributed by atoms with van der Waals surface area (Å²) >= 11 is 6.48. The van der Waals surface area contributed by atoms with Gasteiger partial charge in [0.15, 0.2) is 12.4 Å². The van der Waals surface area contributed by atoms with Crippen molar-refractivity contribution in [3.05, 3.63) is 32.8 Å². The number of nitrogens with two attached hydrogens (primary N) is 1. The van der Waals surface area contributed by atoms with E-state index in [0.717, 1.165) is 0 Å². The van der Waals surface area contributed by atoms with Gasteiger partial charge in [-0.05, 0) is 44.0 Å². The number of benzene rings is 1. The molecule has 0 fully saturated rings. The SMILES string of the molecule is CCc1noc(COc2c(Br)cc(S(N)(=O)=O)cc2Br)n1. The van der Waals surface area contributed by atoms with E-state index >= 15 is 0 Å². The van der Waals surface area contributed by atoms with Crippen LogP contribution in [0.2, 0.25) is 0 Å². The van der Waals surface area contributed by atoms with Crippen LogP contribution in [-0.4, -0.2) is 18.6 Å². The Morgan fingerprint density at radius 3 is 2.43 bits per heavy atom. The molecule has 0 saturated carbocycles. The Hall–Kier alpha value is -0.970. The van der Waals surface area contributed by atoms with Crippen molar-refractivity contribution in [2.75, 3.05) is 0 Å². The summed E-state index contributed by atoms with van der Waals surface area (Å²) in [7, 11) is -3.79. The summed E-state index contributed by atoms with van der Waals surface area (Å²) in [6.07, 6.45) is 0.667. The molecule has 0 aliphatic rings. The van der Waals surface area contributed by atoms with Crippen molar-refractivity contribution in [1.29, 1.82) is 0 Å². The Balaban J connectivity index is 2.21. The first-order valence-corrected chi connectivity index (χ1v) is 8.90. The van der Waals surface area contributed by atoms with Gasteiger partial charge in [-0.1, -0.05) is 12.1 Å². The molecule has 0 aliphatic carbocycles. The Morgan fingerprint density at radius 2 is 1.95 bits per heavy atom. The summed E-state index contributed by atoms with van der Waals surface area (Å²) in [6, 6.07) is 2.72. The predicted octanol–water partition coefficient (Wildman–Crippen LogP) is 2.38. The molecule has 1 heterocycles. The molecule has 2 aromatic rings. The van der Waals surface area contributed by atoms with E-state index in [2.05, 4.69) is 42.0 Å². The van der Waals surface area contributed by atoms with Gasteiger partial charge >= 0.3 is 0 Å². The smallest absolute Gasteiger partial charge is 0.264 e. The normalized spacial score (nSPS) is 11.6. The lowest BCUT2D eigenvalue weighted by molar-refractivity contribution is 0.240. The molecule has 0 saturated heterocycles. The largest absolute Gasteiger partial charge is 0.481 e.